The Kier molecular flexibility index (Phi) is 2.72. The number of nitrogens with two attached hydrogens (primary N) is 1. The van der Waals surface area contributed by atoms with Crippen molar-refractivity contribution in [1.29, 1.82) is 0 Å². The highest BCUT2D eigenvalue weighted by Crippen LogP contribution is 2.12. The minimum atomic E-state index is 0.407. The lowest BCUT2D eigenvalue weighted by Gasteiger charge is -2.05. The monoisotopic (exact) mass is 218 g/mol. The number of rotatable bonds is 3. The van der Waals surface area contributed by atoms with Crippen molar-refractivity contribution in [3.63, 3.8) is 0 Å². The smallest absolute Gasteiger partial charge is 0.169 e. The number of nitrogens with one attached hydrogen (secondary N) is 1. The Bertz CT molecular complexity index is 490. The standard InChI is InChI=1S/C10H14N6/c1-7-8(6-16(2)15-7)5-14-10-9(11)12-3-4-13-10/h3-4,6H,5H2,1-2H3,(H2,11,12)(H,13,14). The quantitative estimate of drug-likeness (QED) is 0.793. The molecule has 0 aliphatic rings. The lowest BCUT2D eigenvalue weighted by atomic mass is 10.2. The van der Waals surface area contributed by atoms with E-state index >= 15 is 0 Å². The maximum atomic E-state index is 5.67. The van der Waals surface area contributed by atoms with E-state index in [0.717, 1.165) is 11.3 Å². The van der Waals surface area contributed by atoms with Crippen molar-refractivity contribution in [2.45, 2.75) is 13.5 Å². The van der Waals surface area contributed by atoms with Crippen LogP contribution in [0.1, 0.15) is 11.3 Å². The van der Waals surface area contributed by atoms with Gasteiger partial charge in [-0.3, -0.25) is 4.68 Å². The average Bonchev–Trinajstić information content (AvgIpc) is 2.56. The summed E-state index contributed by atoms with van der Waals surface area (Å²) >= 11 is 0. The Hall–Kier alpha value is -2.11. The number of anilines is 2. The molecule has 0 saturated carbocycles. The zero-order valence-corrected chi connectivity index (χ0v) is 9.31. The molecule has 2 heterocycles. The van der Waals surface area contributed by atoms with Crippen LogP contribution in [0.25, 0.3) is 0 Å². The van der Waals surface area contributed by atoms with E-state index < -0.39 is 0 Å². The minimum absolute atomic E-state index is 0.407. The second-order valence-electron chi connectivity index (χ2n) is 3.56. The highest BCUT2D eigenvalue weighted by Gasteiger charge is 2.04. The van der Waals surface area contributed by atoms with Crippen LogP contribution in [0.5, 0.6) is 0 Å². The molecule has 2 rings (SSSR count). The third kappa shape index (κ3) is 2.10. The molecule has 0 radical (unpaired) electrons. The Morgan fingerprint density at radius 1 is 1.38 bits per heavy atom. The van der Waals surface area contributed by atoms with Crippen molar-refractivity contribution in [2.75, 3.05) is 11.1 Å². The zero-order chi connectivity index (χ0) is 11.5. The normalized spacial score (nSPS) is 10.4. The van der Waals surface area contributed by atoms with Gasteiger partial charge >= 0.3 is 0 Å². The number of hydrogen-bond donors (Lipinski definition) is 2. The first-order valence-corrected chi connectivity index (χ1v) is 4.96. The summed E-state index contributed by atoms with van der Waals surface area (Å²) in [6.45, 7) is 2.61. The molecule has 16 heavy (non-hydrogen) atoms. The molecule has 3 N–H and O–H groups in total. The van der Waals surface area contributed by atoms with Gasteiger partial charge in [-0.1, -0.05) is 0 Å². The molecule has 0 saturated heterocycles. The molecule has 0 spiro atoms. The summed E-state index contributed by atoms with van der Waals surface area (Å²) in [4.78, 5) is 8.05. The van der Waals surface area contributed by atoms with Crippen LogP contribution in [0.4, 0.5) is 11.6 Å². The van der Waals surface area contributed by atoms with Gasteiger partial charge in [-0.15, -0.1) is 0 Å². The fourth-order valence-electron chi connectivity index (χ4n) is 1.49. The molecule has 0 amide bonds. The summed E-state index contributed by atoms with van der Waals surface area (Å²) in [5, 5.41) is 7.39. The van der Waals surface area contributed by atoms with Crippen molar-refractivity contribution >= 4 is 11.6 Å². The molecule has 0 atom stereocenters. The van der Waals surface area contributed by atoms with Gasteiger partial charge in [0.2, 0.25) is 0 Å². The maximum Gasteiger partial charge on any atom is 0.169 e. The molecule has 0 fully saturated rings. The van der Waals surface area contributed by atoms with Gasteiger partial charge in [0.05, 0.1) is 5.69 Å². The van der Waals surface area contributed by atoms with E-state index in [1.54, 1.807) is 17.1 Å². The van der Waals surface area contributed by atoms with Crippen molar-refractivity contribution in [3.05, 3.63) is 29.8 Å². The molecule has 0 bridgehead atoms. The molecule has 0 aliphatic carbocycles. The Morgan fingerprint density at radius 3 is 2.75 bits per heavy atom. The predicted octanol–water partition coefficient (Wildman–Crippen LogP) is 0.713. The first-order valence-electron chi connectivity index (χ1n) is 4.96. The largest absolute Gasteiger partial charge is 0.381 e. The Morgan fingerprint density at radius 2 is 2.12 bits per heavy atom. The number of hydrogen-bond acceptors (Lipinski definition) is 5. The SMILES string of the molecule is Cc1nn(C)cc1CNc1nccnc1N. The first kappa shape index (κ1) is 10.4. The van der Waals surface area contributed by atoms with Crippen LogP contribution in [0, 0.1) is 6.92 Å². The van der Waals surface area contributed by atoms with E-state index in [0.29, 0.717) is 18.2 Å². The highest BCUT2D eigenvalue weighted by molar-refractivity contribution is 5.55. The van der Waals surface area contributed by atoms with E-state index in [9.17, 15) is 0 Å². The van der Waals surface area contributed by atoms with Crippen molar-refractivity contribution < 1.29 is 0 Å². The van der Waals surface area contributed by atoms with Crippen LogP contribution in [-0.2, 0) is 13.6 Å². The number of nitrogen functional groups attached to an aromatic ring is 1. The lowest BCUT2D eigenvalue weighted by molar-refractivity contribution is 0.756. The molecular formula is C10H14N6. The Balaban J connectivity index is 2.08. The molecular weight excluding hydrogens is 204 g/mol. The third-order valence-electron chi connectivity index (χ3n) is 2.29. The van der Waals surface area contributed by atoms with Gasteiger partial charge in [-0.05, 0) is 6.92 Å². The van der Waals surface area contributed by atoms with Gasteiger partial charge in [0, 0.05) is 37.7 Å². The van der Waals surface area contributed by atoms with Gasteiger partial charge in [0.25, 0.3) is 0 Å². The minimum Gasteiger partial charge on any atom is -0.381 e. The van der Waals surface area contributed by atoms with E-state index in [1.807, 2.05) is 20.2 Å². The Labute approximate surface area is 93.5 Å². The summed E-state index contributed by atoms with van der Waals surface area (Å²) in [6, 6.07) is 0. The molecule has 84 valence electrons. The summed E-state index contributed by atoms with van der Waals surface area (Å²) in [5.41, 5.74) is 7.79. The van der Waals surface area contributed by atoms with Crippen molar-refractivity contribution in [3.8, 4) is 0 Å². The first-order chi connectivity index (χ1) is 7.66. The van der Waals surface area contributed by atoms with Crippen LogP contribution in [0.15, 0.2) is 18.6 Å². The highest BCUT2D eigenvalue weighted by atomic mass is 15.3. The number of nitrogens with zero attached hydrogens (tertiary/aromatic N) is 4. The summed E-state index contributed by atoms with van der Waals surface area (Å²) in [5.74, 6) is 1.01. The van der Waals surface area contributed by atoms with Crippen LogP contribution < -0.4 is 11.1 Å². The van der Waals surface area contributed by atoms with Crippen LogP contribution in [0.2, 0.25) is 0 Å². The number of aromatic nitrogens is 4. The topological polar surface area (TPSA) is 81.7 Å². The third-order valence-corrected chi connectivity index (χ3v) is 2.29. The van der Waals surface area contributed by atoms with E-state index in [4.69, 9.17) is 5.73 Å². The van der Waals surface area contributed by atoms with Crippen molar-refractivity contribution in [1.82, 2.24) is 19.7 Å². The molecule has 0 aliphatic heterocycles. The van der Waals surface area contributed by atoms with Gasteiger partial charge in [0.15, 0.2) is 11.6 Å². The van der Waals surface area contributed by atoms with E-state index in [1.165, 1.54) is 0 Å². The van der Waals surface area contributed by atoms with Gasteiger partial charge in [-0.2, -0.15) is 5.10 Å². The summed E-state index contributed by atoms with van der Waals surface area (Å²) in [7, 11) is 1.90. The molecule has 0 unspecified atom stereocenters. The van der Waals surface area contributed by atoms with Crippen LogP contribution in [-0.4, -0.2) is 19.7 Å². The van der Waals surface area contributed by atoms with Crippen molar-refractivity contribution in [2.24, 2.45) is 7.05 Å². The molecule has 6 heteroatoms. The number of aryl methyl sites for hydroxylation is 2. The summed E-state index contributed by atoms with van der Waals surface area (Å²) < 4.78 is 1.78. The second-order valence-corrected chi connectivity index (χ2v) is 3.56. The van der Waals surface area contributed by atoms with E-state index in [-0.39, 0.29) is 0 Å². The molecule has 2 aromatic heterocycles. The van der Waals surface area contributed by atoms with Crippen LogP contribution >= 0.6 is 0 Å². The van der Waals surface area contributed by atoms with Crippen LogP contribution in [0.3, 0.4) is 0 Å². The maximum absolute atomic E-state index is 5.67. The molecule has 6 nitrogen and oxygen atoms in total. The zero-order valence-electron chi connectivity index (χ0n) is 9.31. The van der Waals surface area contributed by atoms with Gasteiger partial charge < -0.3 is 11.1 Å². The van der Waals surface area contributed by atoms with E-state index in [2.05, 4.69) is 20.4 Å². The van der Waals surface area contributed by atoms with Gasteiger partial charge in [-0.25, -0.2) is 9.97 Å². The van der Waals surface area contributed by atoms with Gasteiger partial charge in [0.1, 0.15) is 0 Å². The summed E-state index contributed by atoms with van der Waals surface area (Å²) in [6.07, 6.45) is 5.14. The molecule has 0 aromatic carbocycles. The lowest BCUT2D eigenvalue weighted by Crippen LogP contribution is -2.05. The predicted molar refractivity (Wildman–Crippen MR) is 61.7 cm³/mol. The second kappa shape index (κ2) is 4.18. The molecule has 2 aromatic rings. The average molecular weight is 218 g/mol. The fraction of sp³-hybridized carbons (Fsp3) is 0.300. The fourth-order valence-corrected chi connectivity index (χ4v) is 1.49.